The predicted octanol–water partition coefficient (Wildman–Crippen LogP) is 5.13. The molecule has 0 radical (unpaired) electrons. The summed E-state index contributed by atoms with van der Waals surface area (Å²) in [6.45, 7) is 1.26. The summed E-state index contributed by atoms with van der Waals surface area (Å²) in [4.78, 5) is 28.7. The van der Waals surface area contributed by atoms with Crippen molar-refractivity contribution in [1.29, 1.82) is 0 Å². The van der Waals surface area contributed by atoms with E-state index in [1.165, 1.54) is 20.3 Å². The zero-order valence-electron chi connectivity index (χ0n) is 22.3. The van der Waals surface area contributed by atoms with E-state index in [4.69, 9.17) is 13.9 Å². The third kappa shape index (κ3) is 5.02. The summed E-state index contributed by atoms with van der Waals surface area (Å²) in [5, 5.41) is 32.4. The monoisotopic (exact) mass is 545 g/mol. The Labute approximate surface area is 230 Å². The fourth-order valence-corrected chi connectivity index (χ4v) is 5.35. The van der Waals surface area contributed by atoms with E-state index >= 15 is 0 Å². The van der Waals surface area contributed by atoms with Gasteiger partial charge in [-0.1, -0.05) is 30.3 Å². The number of fused-ring (bicyclic) bond motifs is 1. The second-order valence-corrected chi connectivity index (χ2v) is 9.85. The van der Waals surface area contributed by atoms with Gasteiger partial charge in [-0.05, 0) is 37.0 Å². The van der Waals surface area contributed by atoms with Crippen LogP contribution in [0.3, 0.4) is 0 Å². The van der Waals surface area contributed by atoms with Crippen molar-refractivity contribution >= 4 is 16.9 Å². The van der Waals surface area contributed by atoms with Gasteiger partial charge >= 0.3 is 0 Å². The molecule has 3 aromatic carbocycles. The number of carbonyl (C=O) groups is 1. The van der Waals surface area contributed by atoms with Gasteiger partial charge in [0, 0.05) is 48.7 Å². The average Bonchev–Trinajstić information content (AvgIpc) is 2.97. The fourth-order valence-electron chi connectivity index (χ4n) is 5.35. The van der Waals surface area contributed by atoms with E-state index in [1.807, 2.05) is 6.07 Å². The second-order valence-electron chi connectivity index (χ2n) is 9.85. The Morgan fingerprint density at radius 2 is 1.57 bits per heavy atom. The molecule has 1 amide bonds. The molecule has 5 rings (SSSR count). The van der Waals surface area contributed by atoms with Crippen LogP contribution in [0.5, 0.6) is 28.7 Å². The topological polar surface area (TPSA) is 130 Å². The molecule has 0 aliphatic carbocycles. The number of hydrogen-bond acceptors (Lipinski definition) is 8. The van der Waals surface area contributed by atoms with Crippen LogP contribution in [0.25, 0.3) is 22.3 Å². The second kappa shape index (κ2) is 11.2. The van der Waals surface area contributed by atoms with Gasteiger partial charge in [-0.3, -0.25) is 9.59 Å². The minimum absolute atomic E-state index is 0.0358. The summed E-state index contributed by atoms with van der Waals surface area (Å²) in [7, 11) is 2.79. The van der Waals surface area contributed by atoms with Crippen molar-refractivity contribution in [2.45, 2.75) is 31.6 Å². The molecule has 0 bridgehead atoms. The van der Waals surface area contributed by atoms with E-state index in [1.54, 1.807) is 41.3 Å². The van der Waals surface area contributed by atoms with Crippen LogP contribution in [0.2, 0.25) is 0 Å². The van der Waals surface area contributed by atoms with Crippen molar-refractivity contribution in [3.05, 3.63) is 75.9 Å². The maximum Gasteiger partial charge on any atom is 0.223 e. The quantitative estimate of drug-likeness (QED) is 0.292. The van der Waals surface area contributed by atoms with Crippen molar-refractivity contribution in [3.63, 3.8) is 0 Å². The number of ether oxygens (including phenoxy) is 2. The summed E-state index contributed by atoms with van der Waals surface area (Å²) in [5.41, 5.74) is 0.728. The van der Waals surface area contributed by atoms with Gasteiger partial charge in [0.2, 0.25) is 11.7 Å². The third-order valence-electron chi connectivity index (χ3n) is 7.40. The minimum Gasteiger partial charge on any atom is -0.507 e. The van der Waals surface area contributed by atoms with Crippen molar-refractivity contribution in [3.8, 4) is 40.1 Å². The standard InChI is InChI=1S/C31H31NO8/c1-38-25-13-19(14-26(39-2)30(25)37)20(15-27(36)32-11-7-4-8-12-32)28-21(33)16-22(34)29-23(35)17-24(40-31(28)29)18-9-5-3-6-10-18/h3,5-6,9-10,13-14,16-17,20,33-34,37H,4,7-8,11-12,15H2,1-2H3/t20-/m1/s1. The molecule has 2 heterocycles. The van der Waals surface area contributed by atoms with Crippen molar-refractivity contribution in [2.24, 2.45) is 0 Å². The first kappa shape index (κ1) is 26.9. The van der Waals surface area contributed by atoms with Gasteiger partial charge in [-0.15, -0.1) is 0 Å². The number of methoxy groups -OCH3 is 2. The lowest BCUT2D eigenvalue weighted by Crippen LogP contribution is -2.36. The number of nitrogens with zero attached hydrogens (tertiary/aromatic N) is 1. The van der Waals surface area contributed by atoms with Crippen LogP contribution in [0.15, 0.2) is 63.8 Å². The summed E-state index contributed by atoms with van der Waals surface area (Å²) in [5.74, 6) is -1.53. The van der Waals surface area contributed by atoms with E-state index < -0.39 is 17.1 Å². The van der Waals surface area contributed by atoms with Crippen LogP contribution in [0.4, 0.5) is 0 Å². The number of carbonyl (C=O) groups excluding carboxylic acids is 1. The molecule has 208 valence electrons. The van der Waals surface area contributed by atoms with Gasteiger partial charge in [0.15, 0.2) is 16.9 Å². The molecule has 0 unspecified atom stereocenters. The van der Waals surface area contributed by atoms with Gasteiger partial charge in [0.25, 0.3) is 0 Å². The highest BCUT2D eigenvalue weighted by Gasteiger charge is 2.31. The molecule has 9 heteroatoms. The van der Waals surface area contributed by atoms with Gasteiger partial charge < -0.3 is 34.1 Å². The van der Waals surface area contributed by atoms with Crippen molar-refractivity contribution in [1.82, 2.24) is 4.90 Å². The van der Waals surface area contributed by atoms with Gasteiger partial charge in [0.05, 0.1) is 14.2 Å². The first-order valence-corrected chi connectivity index (χ1v) is 13.1. The Balaban J connectivity index is 1.77. The zero-order valence-corrected chi connectivity index (χ0v) is 22.3. The lowest BCUT2D eigenvalue weighted by Gasteiger charge is -2.29. The summed E-state index contributed by atoms with van der Waals surface area (Å²) in [6.07, 6.45) is 2.78. The van der Waals surface area contributed by atoms with Crippen LogP contribution in [-0.4, -0.2) is 53.4 Å². The lowest BCUT2D eigenvalue weighted by molar-refractivity contribution is -0.132. The van der Waals surface area contributed by atoms with E-state index in [9.17, 15) is 24.9 Å². The van der Waals surface area contributed by atoms with Gasteiger partial charge in [-0.25, -0.2) is 0 Å². The molecule has 1 fully saturated rings. The molecule has 1 aromatic heterocycles. The third-order valence-corrected chi connectivity index (χ3v) is 7.40. The van der Waals surface area contributed by atoms with Crippen molar-refractivity contribution in [2.75, 3.05) is 27.3 Å². The number of rotatable bonds is 7. The van der Waals surface area contributed by atoms with Crippen LogP contribution >= 0.6 is 0 Å². The average molecular weight is 546 g/mol. The molecule has 1 aliphatic rings. The van der Waals surface area contributed by atoms with Crippen LogP contribution in [-0.2, 0) is 4.79 Å². The summed E-state index contributed by atoms with van der Waals surface area (Å²) >= 11 is 0. The molecule has 3 N–H and O–H groups in total. The first-order valence-electron chi connectivity index (χ1n) is 13.1. The molecular weight excluding hydrogens is 514 g/mol. The highest BCUT2D eigenvalue weighted by atomic mass is 16.5. The molecule has 1 saturated heterocycles. The van der Waals surface area contributed by atoms with E-state index in [-0.39, 0.29) is 57.6 Å². The van der Waals surface area contributed by atoms with Crippen LogP contribution in [0, 0.1) is 0 Å². The fraction of sp³-hybridized carbons (Fsp3) is 0.290. The molecular formula is C31H31NO8. The number of piperidine rings is 1. The molecule has 9 nitrogen and oxygen atoms in total. The number of aromatic hydroxyl groups is 3. The Kier molecular flexibility index (Phi) is 7.55. The molecule has 4 aromatic rings. The van der Waals surface area contributed by atoms with Crippen molar-refractivity contribution < 1.29 is 34.0 Å². The van der Waals surface area contributed by atoms with Gasteiger partial charge in [0.1, 0.15) is 28.2 Å². The number of benzene rings is 3. The normalized spacial score (nSPS) is 14.2. The molecule has 0 saturated carbocycles. The molecule has 1 aliphatic heterocycles. The largest absolute Gasteiger partial charge is 0.507 e. The Hall–Kier alpha value is -4.66. The molecule has 0 spiro atoms. The Bertz CT molecular complexity index is 1580. The van der Waals surface area contributed by atoms with Crippen LogP contribution in [0.1, 0.15) is 42.7 Å². The lowest BCUT2D eigenvalue weighted by atomic mass is 9.85. The molecule has 1 atom stereocenters. The highest BCUT2D eigenvalue weighted by Crippen LogP contribution is 2.46. The van der Waals surface area contributed by atoms with E-state index in [0.29, 0.717) is 24.2 Å². The SMILES string of the molecule is COc1cc([C@@H](CC(=O)N2CCCCC2)c2c(O)cc(O)c3c(=O)cc(-c4ccccc4)oc23)cc(OC)c1O. The smallest absolute Gasteiger partial charge is 0.223 e. The summed E-state index contributed by atoms with van der Waals surface area (Å²) < 4.78 is 17.0. The maximum atomic E-state index is 13.6. The predicted molar refractivity (Wildman–Crippen MR) is 149 cm³/mol. The van der Waals surface area contributed by atoms with E-state index in [2.05, 4.69) is 0 Å². The Morgan fingerprint density at radius 1 is 0.925 bits per heavy atom. The zero-order chi connectivity index (χ0) is 28.4. The number of hydrogen-bond donors (Lipinski definition) is 3. The minimum atomic E-state index is -0.852. The highest BCUT2D eigenvalue weighted by molar-refractivity contribution is 5.91. The summed E-state index contributed by atoms with van der Waals surface area (Å²) in [6, 6.07) is 14.5. The molecule has 40 heavy (non-hydrogen) atoms. The van der Waals surface area contributed by atoms with E-state index in [0.717, 1.165) is 25.3 Å². The number of likely N-dealkylation sites (tertiary alicyclic amines) is 1. The first-order chi connectivity index (χ1) is 19.3. The Morgan fingerprint density at radius 3 is 2.20 bits per heavy atom. The number of amides is 1. The van der Waals surface area contributed by atoms with Crippen LogP contribution < -0.4 is 14.9 Å². The van der Waals surface area contributed by atoms with Gasteiger partial charge in [-0.2, -0.15) is 0 Å². The number of phenols is 3. The number of phenolic OH excluding ortho intramolecular Hbond substituents is 3. The maximum absolute atomic E-state index is 13.6.